The van der Waals surface area contributed by atoms with E-state index in [1.54, 1.807) is 13.8 Å². The molecule has 3 heterocycles. The summed E-state index contributed by atoms with van der Waals surface area (Å²) < 4.78 is 19.6. The Morgan fingerprint density at radius 3 is 2.43 bits per heavy atom. The third-order valence-electron chi connectivity index (χ3n) is 16.6. The quantitative estimate of drug-likeness (QED) is 0.353. The molecule has 0 radical (unpaired) electrons. The summed E-state index contributed by atoms with van der Waals surface area (Å²) in [6, 6.07) is 0. The predicted octanol–water partition coefficient (Wildman–Crippen LogP) is 3.72. The van der Waals surface area contributed by atoms with Gasteiger partial charge in [-0.2, -0.15) is 0 Å². The van der Waals surface area contributed by atoms with Crippen molar-refractivity contribution < 1.29 is 34.3 Å². The number of carbonyl (C=O) groups is 1. The Kier molecular flexibility index (Phi) is 7.53. The standard InChI is InChI=1S/C38H62N2O7/c1-21-16-23(30(41)34(4,5)44)46-29-28(21)35(6)12-13-38-20-37(38)11-10-26(33(2,3)24(37)8-9-25(38)36(35,7)31(29)42)47-27-19-40(14-15-45-27)32(43)22-17-39-18-22/h21-31,39,41-42,44H,8-20H2,1-7H3/t21-,23?,24+,25?,26?,27+,28+,29?,30+,31+,35-,36-,37-,38+/m1/s1. The molecule has 8 rings (SSSR count). The summed E-state index contributed by atoms with van der Waals surface area (Å²) in [4.78, 5) is 14.9. The minimum absolute atomic E-state index is 0.0116. The molecule has 47 heavy (non-hydrogen) atoms. The van der Waals surface area contributed by atoms with Gasteiger partial charge in [0, 0.05) is 25.0 Å². The molecular weight excluding hydrogens is 596 g/mol. The van der Waals surface area contributed by atoms with E-state index >= 15 is 0 Å². The molecule has 0 aromatic carbocycles. The maximum atomic E-state index is 13.0. The number of hydrogen-bond acceptors (Lipinski definition) is 8. The first-order valence-corrected chi connectivity index (χ1v) is 19.0. The highest BCUT2D eigenvalue weighted by Gasteiger charge is 2.84. The fourth-order valence-electron chi connectivity index (χ4n) is 14.0. The Hall–Kier alpha value is -0.810. The molecular formula is C38H62N2O7. The third kappa shape index (κ3) is 4.35. The zero-order chi connectivity index (χ0) is 33.5. The lowest BCUT2D eigenvalue weighted by atomic mass is 9.41. The maximum Gasteiger partial charge on any atom is 0.228 e. The maximum absolute atomic E-state index is 13.0. The van der Waals surface area contributed by atoms with E-state index in [9.17, 15) is 20.1 Å². The Bertz CT molecular complexity index is 1270. The van der Waals surface area contributed by atoms with Crippen molar-refractivity contribution in [2.75, 3.05) is 32.8 Å². The molecule has 9 heteroatoms. The van der Waals surface area contributed by atoms with Crippen LogP contribution in [0, 0.1) is 56.7 Å². The molecule has 3 saturated heterocycles. The SMILES string of the molecule is C[C@@H]1CC([C@H](O)C(C)(C)O)OC2[C@H]1[C@@]1(C)CC[C@@]34C[C@@]35CCC(O[C@H]3CN(C(=O)C6CNC6)CCO3)C(C)(C)[C@@H]5CCC4[C@]1(C)[C@H]2O. The fourth-order valence-corrected chi connectivity index (χ4v) is 14.0. The molecule has 5 aliphatic carbocycles. The van der Waals surface area contributed by atoms with Crippen LogP contribution in [-0.2, 0) is 19.0 Å². The molecule has 5 saturated carbocycles. The van der Waals surface area contributed by atoms with Crippen molar-refractivity contribution in [1.29, 1.82) is 0 Å². The number of amides is 1. The van der Waals surface area contributed by atoms with E-state index in [-0.39, 0.29) is 63.3 Å². The number of fused-ring (bicyclic) bond motifs is 4. The predicted molar refractivity (Wildman–Crippen MR) is 176 cm³/mol. The number of morpholine rings is 1. The smallest absolute Gasteiger partial charge is 0.228 e. The van der Waals surface area contributed by atoms with E-state index in [0.29, 0.717) is 43.9 Å². The Morgan fingerprint density at radius 2 is 1.74 bits per heavy atom. The van der Waals surface area contributed by atoms with Crippen molar-refractivity contribution in [2.45, 2.75) is 142 Å². The van der Waals surface area contributed by atoms with Gasteiger partial charge in [-0.05, 0) is 111 Å². The summed E-state index contributed by atoms with van der Waals surface area (Å²) in [6.45, 7) is 18.5. The second-order valence-corrected chi connectivity index (χ2v) is 19.2. The molecule has 14 atom stereocenters. The van der Waals surface area contributed by atoms with E-state index < -0.39 is 23.9 Å². The minimum Gasteiger partial charge on any atom is -0.390 e. The Labute approximate surface area is 281 Å². The van der Waals surface area contributed by atoms with Gasteiger partial charge in [0.15, 0.2) is 6.29 Å². The number of rotatable bonds is 5. The van der Waals surface area contributed by atoms with Gasteiger partial charge in [0.1, 0.15) is 6.10 Å². The molecule has 8 fully saturated rings. The number of hydrogen-bond donors (Lipinski definition) is 4. The number of carbonyl (C=O) groups excluding carboxylic acids is 1. The lowest BCUT2D eigenvalue weighted by Crippen LogP contribution is -2.60. The number of nitrogens with zero attached hydrogens (tertiary/aromatic N) is 1. The lowest BCUT2D eigenvalue weighted by Gasteiger charge is -2.64. The van der Waals surface area contributed by atoms with Crippen LogP contribution in [0.4, 0.5) is 0 Å². The van der Waals surface area contributed by atoms with Gasteiger partial charge in [0.2, 0.25) is 5.91 Å². The third-order valence-corrected chi connectivity index (χ3v) is 16.6. The average Bonchev–Trinajstić information content (AvgIpc) is 3.61. The first-order chi connectivity index (χ1) is 22.0. The highest BCUT2D eigenvalue weighted by Crippen LogP contribution is 2.89. The summed E-state index contributed by atoms with van der Waals surface area (Å²) >= 11 is 0. The summed E-state index contributed by atoms with van der Waals surface area (Å²) in [5.41, 5.74) is -1.04. The van der Waals surface area contributed by atoms with Gasteiger partial charge < -0.3 is 39.7 Å². The van der Waals surface area contributed by atoms with Crippen molar-refractivity contribution >= 4 is 5.91 Å². The average molecular weight is 659 g/mol. The molecule has 4 N–H and O–H groups in total. The number of nitrogens with one attached hydrogen (secondary N) is 1. The van der Waals surface area contributed by atoms with Gasteiger partial charge in [0.05, 0.1) is 49.1 Å². The molecule has 0 aromatic rings. The largest absolute Gasteiger partial charge is 0.390 e. The Morgan fingerprint density at radius 1 is 1.04 bits per heavy atom. The van der Waals surface area contributed by atoms with Gasteiger partial charge in [0.25, 0.3) is 0 Å². The number of ether oxygens (including phenoxy) is 3. The molecule has 9 nitrogen and oxygen atoms in total. The van der Waals surface area contributed by atoms with E-state index in [4.69, 9.17) is 14.2 Å². The van der Waals surface area contributed by atoms with Gasteiger partial charge in [-0.1, -0.05) is 34.6 Å². The molecule has 2 spiro atoms. The Balaban J connectivity index is 1.01. The second kappa shape index (κ2) is 10.6. The monoisotopic (exact) mass is 658 g/mol. The number of aliphatic hydroxyl groups excluding tert-OH is 2. The molecule has 0 bridgehead atoms. The van der Waals surface area contributed by atoms with Gasteiger partial charge in [-0.25, -0.2) is 0 Å². The van der Waals surface area contributed by atoms with Gasteiger partial charge >= 0.3 is 0 Å². The summed E-state index contributed by atoms with van der Waals surface area (Å²) in [6.07, 6.45) is 6.08. The first-order valence-electron chi connectivity index (χ1n) is 19.0. The molecule has 0 aromatic heterocycles. The van der Waals surface area contributed by atoms with Crippen molar-refractivity contribution in [3.8, 4) is 0 Å². The fraction of sp³-hybridized carbons (Fsp3) is 0.974. The van der Waals surface area contributed by atoms with E-state index in [0.717, 1.165) is 45.2 Å². The van der Waals surface area contributed by atoms with Crippen LogP contribution >= 0.6 is 0 Å². The molecule has 266 valence electrons. The van der Waals surface area contributed by atoms with Crippen LogP contribution in [0.3, 0.4) is 0 Å². The van der Waals surface area contributed by atoms with Crippen LogP contribution in [-0.4, -0.2) is 101 Å². The molecule has 3 aliphatic heterocycles. The zero-order valence-electron chi connectivity index (χ0n) is 30.0. The van der Waals surface area contributed by atoms with Crippen LogP contribution in [0.15, 0.2) is 0 Å². The lowest BCUT2D eigenvalue weighted by molar-refractivity contribution is -0.248. The van der Waals surface area contributed by atoms with Crippen LogP contribution in [0.25, 0.3) is 0 Å². The van der Waals surface area contributed by atoms with E-state index in [1.807, 2.05) is 4.90 Å². The molecule has 1 amide bonds. The molecule has 8 aliphatic rings. The highest BCUT2D eigenvalue weighted by atomic mass is 16.7. The summed E-state index contributed by atoms with van der Waals surface area (Å²) in [5, 5.41) is 37.3. The van der Waals surface area contributed by atoms with Crippen molar-refractivity contribution in [1.82, 2.24) is 10.2 Å². The van der Waals surface area contributed by atoms with E-state index in [2.05, 4.69) is 39.9 Å². The van der Waals surface area contributed by atoms with Gasteiger partial charge in [-0.3, -0.25) is 4.79 Å². The zero-order valence-corrected chi connectivity index (χ0v) is 30.0. The topological polar surface area (TPSA) is 121 Å². The first kappa shape index (κ1) is 33.3. The highest BCUT2D eigenvalue weighted by molar-refractivity contribution is 5.80. The molecule has 4 unspecified atom stereocenters. The van der Waals surface area contributed by atoms with Crippen molar-refractivity contribution in [3.63, 3.8) is 0 Å². The van der Waals surface area contributed by atoms with Crippen LogP contribution in [0.2, 0.25) is 0 Å². The van der Waals surface area contributed by atoms with Crippen molar-refractivity contribution in [3.05, 3.63) is 0 Å². The van der Waals surface area contributed by atoms with Gasteiger partial charge in [-0.15, -0.1) is 0 Å². The summed E-state index contributed by atoms with van der Waals surface area (Å²) in [7, 11) is 0. The van der Waals surface area contributed by atoms with Crippen LogP contribution in [0.1, 0.15) is 99.8 Å². The normalized spacial score (nSPS) is 52.6. The van der Waals surface area contributed by atoms with E-state index in [1.165, 1.54) is 12.8 Å². The van der Waals surface area contributed by atoms with Crippen molar-refractivity contribution in [2.24, 2.45) is 56.7 Å². The second-order valence-electron chi connectivity index (χ2n) is 19.2. The van der Waals surface area contributed by atoms with Crippen LogP contribution in [0.5, 0.6) is 0 Å². The summed E-state index contributed by atoms with van der Waals surface area (Å²) in [5.74, 6) is 1.85. The van der Waals surface area contributed by atoms with Crippen LogP contribution < -0.4 is 5.32 Å². The number of aliphatic hydroxyl groups is 3. The minimum atomic E-state index is -1.26.